The van der Waals surface area contributed by atoms with Crippen molar-refractivity contribution in [2.45, 2.75) is 19.4 Å². The Kier molecular flexibility index (Phi) is 4.13. The van der Waals surface area contributed by atoms with Gasteiger partial charge in [-0.2, -0.15) is 0 Å². The molecule has 0 bridgehead atoms. The molecule has 0 spiro atoms. The van der Waals surface area contributed by atoms with Crippen molar-refractivity contribution in [3.8, 4) is 5.69 Å². The van der Waals surface area contributed by atoms with Gasteiger partial charge in [0.25, 0.3) is 0 Å². The molecule has 130 valence electrons. The molecule has 0 saturated carbocycles. The highest BCUT2D eigenvalue weighted by molar-refractivity contribution is 6.10. The summed E-state index contributed by atoms with van der Waals surface area (Å²) in [4.78, 5) is 16.5. The van der Waals surface area contributed by atoms with E-state index >= 15 is 0 Å². The Morgan fingerprint density at radius 3 is 2.77 bits per heavy atom. The van der Waals surface area contributed by atoms with Crippen molar-refractivity contribution in [2.75, 3.05) is 6.54 Å². The molecule has 1 aromatic carbocycles. The van der Waals surface area contributed by atoms with E-state index < -0.39 is 0 Å². The fraction of sp³-hybridized carbons (Fsp3) is 0.190. The lowest BCUT2D eigenvalue weighted by Crippen LogP contribution is -2.43. The summed E-state index contributed by atoms with van der Waals surface area (Å²) in [5.41, 5.74) is 2.71. The largest absolute Gasteiger partial charge is 0.313 e. The Hall–Kier alpha value is -3.21. The van der Waals surface area contributed by atoms with Gasteiger partial charge in [0.15, 0.2) is 17.3 Å². The first-order valence-corrected chi connectivity index (χ1v) is 8.75. The molecule has 1 atom stereocenters. The standard InChI is InChI=1S/C21H21N5/c1-4-9-16(5-2)19-24-18-20-22-13-12-15(3)25(20)14-23-21(18)26(19)17-10-7-6-8-11-17/h4-11,14-15H,1-2,12-13H2,3H3/b16-9+. The van der Waals surface area contributed by atoms with Crippen LogP contribution in [0, 0.1) is 0 Å². The van der Waals surface area contributed by atoms with Crippen LogP contribution in [0.1, 0.15) is 24.9 Å². The zero-order chi connectivity index (χ0) is 18.1. The number of imidazole rings is 1. The lowest BCUT2D eigenvalue weighted by Gasteiger charge is -2.32. The molecule has 0 fully saturated rings. The highest BCUT2D eigenvalue weighted by Crippen LogP contribution is 2.34. The second-order valence-corrected chi connectivity index (χ2v) is 6.34. The van der Waals surface area contributed by atoms with Crippen LogP contribution in [0.25, 0.3) is 11.3 Å². The average molecular weight is 343 g/mol. The van der Waals surface area contributed by atoms with E-state index in [0.717, 1.165) is 47.4 Å². The quantitative estimate of drug-likeness (QED) is 0.783. The van der Waals surface area contributed by atoms with Gasteiger partial charge >= 0.3 is 0 Å². The Morgan fingerprint density at radius 2 is 2.04 bits per heavy atom. The number of benzene rings is 1. The Bertz CT molecular complexity index is 946. The summed E-state index contributed by atoms with van der Waals surface area (Å²) in [6.45, 7) is 10.8. The van der Waals surface area contributed by atoms with E-state index in [4.69, 9.17) is 15.0 Å². The SMILES string of the molecule is C=C/C=C(\C=C)c1nc2c(n1-c1ccccc1)N=CN1C2=NCCC1C. The summed E-state index contributed by atoms with van der Waals surface area (Å²) in [5.74, 6) is 2.48. The first-order chi connectivity index (χ1) is 12.7. The monoisotopic (exact) mass is 343 g/mol. The number of para-hydroxylation sites is 1. The van der Waals surface area contributed by atoms with Crippen molar-refractivity contribution in [3.63, 3.8) is 0 Å². The predicted molar refractivity (Wildman–Crippen MR) is 107 cm³/mol. The van der Waals surface area contributed by atoms with Gasteiger partial charge in [0.2, 0.25) is 0 Å². The van der Waals surface area contributed by atoms with Crippen LogP contribution in [0.15, 0.2) is 71.7 Å². The Labute approximate surface area is 153 Å². The molecule has 4 rings (SSSR count). The summed E-state index contributed by atoms with van der Waals surface area (Å²) in [7, 11) is 0. The average Bonchev–Trinajstić information content (AvgIpc) is 3.07. The molecule has 0 aliphatic carbocycles. The number of rotatable bonds is 4. The van der Waals surface area contributed by atoms with Crippen LogP contribution in [0.2, 0.25) is 0 Å². The van der Waals surface area contributed by atoms with Gasteiger partial charge in [0, 0.05) is 23.8 Å². The van der Waals surface area contributed by atoms with Gasteiger partial charge in [0.05, 0.1) is 6.34 Å². The van der Waals surface area contributed by atoms with Crippen LogP contribution in [-0.2, 0) is 0 Å². The van der Waals surface area contributed by atoms with Gasteiger partial charge in [-0.1, -0.05) is 49.6 Å². The number of allylic oxidation sites excluding steroid dienone is 4. The van der Waals surface area contributed by atoms with Gasteiger partial charge < -0.3 is 4.90 Å². The van der Waals surface area contributed by atoms with E-state index in [1.165, 1.54) is 0 Å². The molecular formula is C21H21N5. The molecule has 1 aromatic heterocycles. The first kappa shape index (κ1) is 16.3. The predicted octanol–water partition coefficient (Wildman–Crippen LogP) is 4.14. The smallest absolute Gasteiger partial charge is 0.170 e. The van der Waals surface area contributed by atoms with E-state index in [9.17, 15) is 0 Å². The highest BCUT2D eigenvalue weighted by atomic mass is 15.3. The number of hydrogen-bond donors (Lipinski definition) is 0. The zero-order valence-electron chi connectivity index (χ0n) is 14.8. The molecule has 5 heteroatoms. The second kappa shape index (κ2) is 6.59. The molecule has 5 nitrogen and oxygen atoms in total. The lowest BCUT2D eigenvalue weighted by atomic mass is 10.1. The molecule has 1 unspecified atom stereocenters. The van der Waals surface area contributed by atoms with E-state index in [1.807, 2.05) is 42.7 Å². The van der Waals surface area contributed by atoms with E-state index in [0.29, 0.717) is 6.04 Å². The maximum atomic E-state index is 4.93. The van der Waals surface area contributed by atoms with Gasteiger partial charge in [0.1, 0.15) is 5.82 Å². The minimum atomic E-state index is 0.368. The number of nitrogens with zero attached hydrogens (tertiary/aromatic N) is 5. The normalized spacial score (nSPS) is 18.8. The van der Waals surface area contributed by atoms with Crippen LogP contribution < -0.4 is 0 Å². The third kappa shape index (κ3) is 2.52. The van der Waals surface area contributed by atoms with E-state index in [1.54, 1.807) is 12.2 Å². The van der Waals surface area contributed by atoms with Crippen LogP contribution in [0.4, 0.5) is 5.82 Å². The molecule has 0 radical (unpaired) electrons. The van der Waals surface area contributed by atoms with Gasteiger partial charge in [-0.15, -0.1) is 0 Å². The Balaban J connectivity index is 1.99. The summed E-state index contributed by atoms with van der Waals surface area (Å²) in [6, 6.07) is 10.5. The molecule has 2 aliphatic rings. The zero-order valence-corrected chi connectivity index (χ0v) is 14.8. The van der Waals surface area contributed by atoms with Crippen LogP contribution in [-0.4, -0.2) is 39.2 Å². The molecule has 0 amide bonds. The summed E-state index contributed by atoms with van der Waals surface area (Å²) in [6.07, 6.45) is 8.34. The third-order valence-electron chi connectivity index (χ3n) is 4.69. The number of fused-ring (bicyclic) bond motifs is 3. The van der Waals surface area contributed by atoms with Crippen molar-refractivity contribution in [1.82, 2.24) is 14.5 Å². The minimum absolute atomic E-state index is 0.368. The summed E-state index contributed by atoms with van der Waals surface area (Å²) >= 11 is 0. The van der Waals surface area contributed by atoms with Gasteiger partial charge in [-0.05, 0) is 25.5 Å². The molecule has 3 heterocycles. The van der Waals surface area contributed by atoms with Gasteiger partial charge in [-0.3, -0.25) is 9.56 Å². The molecule has 26 heavy (non-hydrogen) atoms. The van der Waals surface area contributed by atoms with Crippen LogP contribution in [0.3, 0.4) is 0 Å². The Morgan fingerprint density at radius 1 is 1.23 bits per heavy atom. The topological polar surface area (TPSA) is 45.8 Å². The summed E-state index contributed by atoms with van der Waals surface area (Å²) < 4.78 is 2.06. The number of aromatic nitrogens is 2. The number of amidine groups is 1. The van der Waals surface area contributed by atoms with Crippen molar-refractivity contribution in [3.05, 3.63) is 73.2 Å². The molecule has 2 aromatic rings. The number of hydrogen-bond acceptors (Lipinski definition) is 4. The molecule has 0 N–H and O–H groups in total. The van der Waals surface area contributed by atoms with Crippen molar-refractivity contribution in [2.24, 2.45) is 9.98 Å². The fourth-order valence-corrected chi connectivity index (χ4v) is 3.33. The van der Waals surface area contributed by atoms with Gasteiger partial charge in [-0.25, -0.2) is 9.98 Å². The molecule has 2 aliphatic heterocycles. The van der Waals surface area contributed by atoms with Crippen molar-refractivity contribution < 1.29 is 0 Å². The van der Waals surface area contributed by atoms with Crippen LogP contribution in [0.5, 0.6) is 0 Å². The third-order valence-corrected chi connectivity index (χ3v) is 4.69. The maximum absolute atomic E-state index is 4.93. The lowest BCUT2D eigenvalue weighted by molar-refractivity contribution is 0.426. The number of aliphatic imine (C=N–C) groups is 2. The van der Waals surface area contributed by atoms with Crippen LogP contribution >= 0.6 is 0 Å². The van der Waals surface area contributed by atoms with Crippen molar-refractivity contribution >= 4 is 23.6 Å². The summed E-state index contributed by atoms with van der Waals surface area (Å²) in [5, 5.41) is 0. The highest BCUT2D eigenvalue weighted by Gasteiger charge is 2.32. The van der Waals surface area contributed by atoms with E-state index in [2.05, 4.69) is 29.5 Å². The molecule has 0 saturated heterocycles. The fourth-order valence-electron chi connectivity index (χ4n) is 3.33. The molecular weight excluding hydrogens is 322 g/mol. The maximum Gasteiger partial charge on any atom is 0.170 e. The minimum Gasteiger partial charge on any atom is -0.313 e. The first-order valence-electron chi connectivity index (χ1n) is 8.75. The van der Waals surface area contributed by atoms with E-state index in [-0.39, 0.29) is 0 Å². The van der Waals surface area contributed by atoms with Crippen molar-refractivity contribution in [1.29, 1.82) is 0 Å². The second-order valence-electron chi connectivity index (χ2n) is 6.34.